The van der Waals surface area contributed by atoms with E-state index in [0.29, 0.717) is 24.4 Å². The van der Waals surface area contributed by atoms with Crippen LogP contribution in [0, 0.1) is 5.82 Å². The Labute approximate surface area is 117 Å². The summed E-state index contributed by atoms with van der Waals surface area (Å²) in [5, 5.41) is 3.13. The van der Waals surface area contributed by atoms with Gasteiger partial charge in [0.05, 0.1) is 7.11 Å². The van der Waals surface area contributed by atoms with Crippen LogP contribution in [-0.2, 0) is 4.79 Å². The number of piperazine rings is 1. The minimum absolute atomic E-state index is 0.286. The third-order valence-electron chi connectivity index (χ3n) is 3.76. The molecule has 2 rings (SSSR count). The predicted molar refractivity (Wildman–Crippen MR) is 73.9 cm³/mol. The van der Waals surface area contributed by atoms with Gasteiger partial charge < -0.3 is 15.8 Å². The number of hydrogen-bond acceptors (Lipinski definition) is 4. The molecule has 0 aliphatic carbocycles. The number of ether oxygens (including phenoxy) is 1. The minimum Gasteiger partial charge on any atom is -0.496 e. The lowest BCUT2D eigenvalue weighted by Gasteiger charge is -2.39. The first-order chi connectivity index (χ1) is 9.56. The second-order valence-electron chi connectivity index (χ2n) is 4.89. The molecule has 0 radical (unpaired) electrons. The van der Waals surface area contributed by atoms with Gasteiger partial charge in [-0.2, -0.15) is 0 Å². The van der Waals surface area contributed by atoms with Crippen LogP contribution in [0.1, 0.15) is 18.5 Å². The molecule has 1 amide bonds. The van der Waals surface area contributed by atoms with Gasteiger partial charge in [0.1, 0.15) is 17.6 Å². The first kappa shape index (κ1) is 14.7. The van der Waals surface area contributed by atoms with Crippen molar-refractivity contribution >= 4 is 5.91 Å². The van der Waals surface area contributed by atoms with Crippen molar-refractivity contribution in [1.82, 2.24) is 10.2 Å². The Bertz CT molecular complexity index is 495. The molecule has 110 valence electrons. The van der Waals surface area contributed by atoms with Crippen LogP contribution in [-0.4, -0.2) is 43.6 Å². The van der Waals surface area contributed by atoms with E-state index in [2.05, 4.69) is 5.32 Å². The molecule has 0 aromatic heterocycles. The van der Waals surface area contributed by atoms with Crippen LogP contribution in [0.2, 0.25) is 0 Å². The van der Waals surface area contributed by atoms with Gasteiger partial charge in [-0.1, -0.05) is 6.07 Å². The highest BCUT2D eigenvalue weighted by molar-refractivity contribution is 5.80. The van der Waals surface area contributed by atoms with Gasteiger partial charge in [-0.15, -0.1) is 0 Å². The number of primary amides is 1. The second-order valence-corrected chi connectivity index (χ2v) is 4.89. The number of carbonyl (C=O) groups is 1. The van der Waals surface area contributed by atoms with Crippen molar-refractivity contribution in [2.24, 2.45) is 5.73 Å². The van der Waals surface area contributed by atoms with Crippen molar-refractivity contribution < 1.29 is 13.9 Å². The van der Waals surface area contributed by atoms with E-state index in [-0.39, 0.29) is 11.9 Å². The number of nitrogens with one attached hydrogen (secondary N) is 1. The number of nitrogens with zero attached hydrogens (tertiary/aromatic N) is 1. The average molecular weight is 281 g/mol. The molecule has 0 spiro atoms. The summed E-state index contributed by atoms with van der Waals surface area (Å²) >= 11 is 0. The molecule has 1 heterocycles. The number of benzene rings is 1. The summed E-state index contributed by atoms with van der Waals surface area (Å²) in [6.07, 6.45) is 0. The maximum absolute atomic E-state index is 14.1. The van der Waals surface area contributed by atoms with Gasteiger partial charge in [-0.3, -0.25) is 9.69 Å². The summed E-state index contributed by atoms with van der Waals surface area (Å²) in [6.45, 7) is 3.72. The van der Waals surface area contributed by atoms with E-state index in [4.69, 9.17) is 10.5 Å². The molecule has 2 unspecified atom stereocenters. The molecular weight excluding hydrogens is 261 g/mol. The molecule has 5 nitrogen and oxygen atoms in total. The van der Waals surface area contributed by atoms with Crippen LogP contribution >= 0.6 is 0 Å². The maximum atomic E-state index is 14.1. The zero-order valence-electron chi connectivity index (χ0n) is 11.7. The second kappa shape index (κ2) is 6.19. The van der Waals surface area contributed by atoms with E-state index in [9.17, 15) is 9.18 Å². The third kappa shape index (κ3) is 2.76. The Morgan fingerprint density at radius 1 is 1.60 bits per heavy atom. The van der Waals surface area contributed by atoms with E-state index in [1.54, 1.807) is 12.1 Å². The van der Waals surface area contributed by atoms with E-state index in [0.717, 1.165) is 6.54 Å². The van der Waals surface area contributed by atoms with Gasteiger partial charge in [0.2, 0.25) is 5.91 Å². The first-order valence-electron chi connectivity index (χ1n) is 6.64. The van der Waals surface area contributed by atoms with E-state index < -0.39 is 11.9 Å². The lowest BCUT2D eigenvalue weighted by molar-refractivity contribution is -0.124. The zero-order valence-corrected chi connectivity index (χ0v) is 11.7. The van der Waals surface area contributed by atoms with Crippen LogP contribution < -0.4 is 15.8 Å². The highest BCUT2D eigenvalue weighted by Crippen LogP contribution is 2.32. The number of carbonyl (C=O) groups excluding carboxylic acids is 1. The zero-order chi connectivity index (χ0) is 14.7. The fourth-order valence-corrected chi connectivity index (χ4v) is 2.71. The van der Waals surface area contributed by atoms with Crippen LogP contribution in [0.4, 0.5) is 4.39 Å². The van der Waals surface area contributed by atoms with Gasteiger partial charge in [0, 0.05) is 31.2 Å². The van der Waals surface area contributed by atoms with Crippen molar-refractivity contribution in [2.75, 3.05) is 26.7 Å². The highest BCUT2D eigenvalue weighted by atomic mass is 19.1. The number of rotatable bonds is 4. The topological polar surface area (TPSA) is 67.6 Å². The third-order valence-corrected chi connectivity index (χ3v) is 3.76. The number of halogens is 1. The molecule has 1 fully saturated rings. The van der Waals surface area contributed by atoms with E-state index in [1.165, 1.54) is 13.2 Å². The Kier molecular flexibility index (Phi) is 4.57. The summed E-state index contributed by atoms with van der Waals surface area (Å²) in [5.74, 6) is -0.253. The standard InChI is InChI=1S/C14H20FN3O2/c1-9(13-10(15)4-3-5-12(13)20-2)18-7-6-17-8-11(18)14(16)19/h3-5,9,11,17H,6-8H2,1-2H3,(H2,16,19). The summed E-state index contributed by atoms with van der Waals surface area (Å²) < 4.78 is 19.4. The number of nitrogens with two attached hydrogens (primary N) is 1. The monoisotopic (exact) mass is 281 g/mol. The van der Waals surface area contributed by atoms with Gasteiger partial charge in [0.15, 0.2) is 0 Å². The SMILES string of the molecule is COc1cccc(F)c1C(C)N1CCNCC1C(N)=O. The summed E-state index contributed by atoms with van der Waals surface area (Å²) in [6, 6.07) is 3.99. The molecule has 1 aromatic carbocycles. The Morgan fingerprint density at radius 2 is 2.35 bits per heavy atom. The van der Waals surface area contributed by atoms with Crippen LogP contribution in [0.5, 0.6) is 5.75 Å². The van der Waals surface area contributed by atoms with E-state index >= 15 is 0 Å². The molecular formula is C14H20FN3O2. The molecule has 1 aromatic rings. The fourth-order valence-electron chi connectivity index (χ4n) is 2.71. The molecule has 0 bridgehead atoms. The summed E-state index contributed by atoms with van der Waals surface area (Å²) in [5.41, 5.74) is 5.90. The van der Waals surface area contributed by atoms with Gasteiger partial charge >= 0.3 is 0 Å². The van der Waals surface area contributed by atoms with Crippen molar-refractivity contribution in [3.05, 3.63) is 29.6 Å². The lowest BCUT2D eigenvalue weighted by Crippen LogP contribution is -2.57. The summed E-state index contributed by atoms with van der Waals surface area (Å²) in [4.78, 5) is 13.5. The Balaban J connectivity index is 2.34. The molecule has 2 atom stereocenters. The predicted octanol–water partition coefficient (Wildman–Crippen LogP) is 0.654. The fraction of sp³-hybridized carbons (Fsp3) is 0.500. The lowest BCUT2D eigenvalue weighted by atomic mass is 10.0. The molecule has 3 N–H and O–H groups in total. The molecule has 6 heteroatoms. The quantitative estimate of drug-likeness (QED) is 0.850. The number of methoxy groups -OCH3 is 1. The number of hydrogen-bond donors (Lipinski definition) is 2. The Hall–Kier alpha value is -1.66. The maximum Gasteiger partial charge on any atom is 0.236 e. The molecule has 1 aliphatic rings. The molecule has 0 saturated carbocycles. The molecule has 1 aliphatic heterocycles. The molecule has 1 saturated heterocycles. The normalized spacial score (nSPS) is 21.4. The molecule has 20 heavy (non-hydrogen) atoms. The van der Waals surface area contributed by atoms with Crippen molar-refractivity contribution in [1.29, 1.82) is 0 Å². The van der Waals surface area contributed by atoms with Crippen LogP contribution in [0.25, 0.3) is 0 Å². The smallest absolute Gasteiger partial charge is 0.236 e. The van der Waals surface area contributed by atoms with Gasteiger partial charge in [-0.05, 0) is 19.1 Å². The van der Waals surface area contributed by atoms with Crippen molar-refractivity contribution in [3.63, 3.8) is 0 Å². The van der Waals surface area contributed by atoms with E-state index in [1.807, 2.05) is 11.8 Å². The van der Waals surface area contributed by atoms with Gasteiger partial charge in [0.25, 0.3) is 0 Å². The minimum atomic E-state index is -0.442. The van der Waals surface area contributed by atoms with Crippen LogP contribution in [0.15, 0.2) is 18.2 Å². The van der Waals surface area contributed by atoms with Crippen molar-refractivity contribution in [2.45, 2.75) is 19.0 Å². The number of amides is 1. The largest absolute Gasteiger partial charge is 0.496 e. The highest BCUT2D eigenvalue weighted by Gasteiger charge is 2.33. The van der Waals surface area contributed by atoms with Crippen molar-refractivity contribution in [3.8, 4) is 5.75 Å². The average Bonchev–Trinajstić information content (AvgIpc) is 2.46. The summed E-state index contributed by atoms with van der Waals surface area (Å²) in [7, 11) is 1.51. The van der Waals surface area contributed by atoms with Gasteiger partial charge in [-0.25, -0.2) is 4.39 Å². The van der Waals surface area contributed by atoms with Crippen LogP contribution in [0.3, 0.4) is 0 Å². The Morgan fingerprint density at radius 3 is 3.00 bits per heavy atom. The first-order valence-corrected chi connectivity index (χ1v) is 6.64.